The van der Waals surface area contributed by atoms with Gasteiger partial charge in [0.1, 0.15) is 0 Å². The second-order valence-electron chi connectivity index (χ2n) is 6.12. The van der Waals surface area contributed by atoms with Gasteiger partial charge in [0, 0.05) is 23.8 Å². The van der Waals surface area contributed by atoms with Crippen molar-refractivity contribution in [1.29, 1.82) is 0 Å². The minimum absolute atomic E-state index is 0.0699. The van der Waals surface area contributed by atoms with Crippen molar-refractivity contribution in [2.24, 2.45) is 0 Å². The molecule has 132 valence electrons. The smallest absolute Gasteiger partial charge is 0.258 e. The van der Waals surface area contributed by atoms with E-state index in [4.69, 9.17) is 0 Å². The van der Waals surface area contributed by atoms with E-state index in [0.29, 0.717) is 22.9 Å². The summed E-state index contributed by atoms with van der Waals surface area (Å²) in [7, 11) is 0. The second-order valence-corrected chi connectivity index (χ2v) is 7.76. The summed E-state index contributed by atoms with van der Waals surface area (Å²) in [6.07, 6.45) is 1.15. The summed E-state index contributed by atoms with van der Waals surface area (Å²) >= 11 is 2.82. The molecule has 1 aliphatic heterocycles. The highest BCUT2D eigenvalue weighted by Crippen LogP contribution is 2.21. The number of fused-ring (bicyclic) bond motifs is 1. The third kappa shape index (κ3) is 3.68. The van der Waals surface area contributed by atoms with Gasteiger partial charge in [-0.3, -0.25) is 14.9 Å². The van der Waals surface area contributed by atoms with Gasteiger partial charge in [0.15, 0.2) is 5.13 Å². The highest BCUT2D eigenvalue weighted by molar-refractivity contribution is 7.14. The molecule has 2 aromatic heterocycles. The van der Waals surface area contributed by atoms with Gasteiger partial charge >= 0.3 is 0 Å². The Labute approximate surface area is 159 Å². The third-order valence-corrected chi connectivity index (χ3v) is 5.86. The van der Waals surface area contributed by atoms with Gasteiger partial charge in [0.2, 0.25) is 5.91 Å². The fraction of sp³-hybridized carbons (Fsp3) is 0.211. The van der Waals surface area contributed by atoms with Crippen LogP contribution in [-0.4, -0.2) is 28.2 Å². The molecule has 1 aromatic carbocycles. The zero-order valence-electron chi connectivity index (χ0n) is 14.0. The fourth-order valence-electron chi connectivity index (χ4n) is 2.98. The monoisotopic (exact) mass is 383 g/mol. The maximum Gasteiger partial charge on any atom is 0.258 e. The molecule has 4 rings (SSSR count). The lowest BCUT2D eigenvalue weighted by atomic mass is 10.00. The first-order valence-electron chi connectivity index (χ1n) is 8.31. The highest BCUT2D eigenvalue weighted by Gasteiger charge is 2.21. The van der Waals surface area contributed by atoms with E-state index in [1.165, 1.54) is 33.8 Å². The van der Waals surface area contributed by atoms with Crippen LogP contribution < -0.4 is 5.32 Å². The minimum Gasteiger partial charge on any atom is -0.338 e. The van der Waals surface area contributed by atoms with Crippen molar-refractivity contribution in [3.05, 3.63) is 68.9 Å². The van der Waals surface area contributed by atoms with Crippen LogP contribution in [0.5, 0.6) is 0 Å². The van der Waals surface area contributed by atoms with Crippen LogP contribution in [0.2, 0.25) is 0 Å². The molecule has 0 unspecified atom stereocenters. The largest absolute Gasteiger partial charge is 0.338 e. The van der Waals surface area contributed by atoms with E-state index in [-0.39, 0.29) is 18.2 Å². The van der Waals surface area contributed by atoms with Crippen molar-refractivity contribution in [2.75, 3.05) is 11.9 Å². The van der Waals surface area contributed by atoms with Crippen molar-refractivity contribution in [1.82, 2.24) is 9.88 Å². The SMILES string of the molecule is O=C(Nc1nc(CC(=O)N2CCc3ccccc3C2)cs1)c1ccsc1. The average molecular weight is 383 g/mol. The first-order valence-corrected chi connectivity index (χ1v) is 10.1. The highest BCUT2D eigenvalue weighted by atomic mass is 32.1. The summed E-state index contributed by atoms with van der Waals surface area (Å²) in [6, 6.07) is 10.0. The molecule has 0 radical (unpaired) electrons. The van der Waals surface area contributed by atoms with Crippen molar-refractivity contribution in [3.63, 3.8) is 0 Å². The van der Waals surface area contributed by atoms with Crippen LogP contribution in [0, 0.1) is 0 Å². The molecule has 0 saturated carbocycles. The zero-order valence-corrected chi connectivity index (χ0v) is 15.6. The molecule has 1 aliphatic rings. The van der Waals surface area contributed by atoms with Gasteiger partial charge in [-0.05, 0) is 29.0 Å². The number of hydrogen-bond acceptors (Lipinski definition) is 5. The lowest BCUT2D eigenvalue weighted by molar-refractivity contribution is -0.131. The van der Waals surface area contributed by atoms with Crippen LogP contribution in [0.25, 0.3) is 0 Å². The van der Waals surface area contributed by atoms with Crippen LogP contribution in [-0.2, 0) is 24.2 Å². The Morgan fingerprint density at radius 3 is 2.81 bits per heavy atom. The molecule has 1 N–H and O–H groups in total. The lowest BCUT2D eigenvalue weighted by Gasteiger charge is -2.28. The number of thiazole rings is 1. The average Bonchev–Trinajstić information content (AvgIpc) is 3.33. The molecule has 0 bridgehead atoms. The molecule has 0 spiro atoms. The van der Waals surface area contributed by atoms with Gasteiger partial charge in [-0.25, -0.2) is 4.98 Å². The lowest BCUT2D eigenvalue weighted by Crippen LogP contribution is -2.36. The number of nitrogens with one attached hydrogen (secondary N) is 1. The molecule has 0 atom stereocenters. The van der Waals surface area contributed by atoms with E-state index in [0.717, 1.165) is 13.0 Å². The number of aromatic nitrogens is 1. The van der Waals surface area contributed by atoms with Crippen LogP contribution in [0.15, 0.2) is 46.5 Å². The molecule has 3 heterocycles. The van der Waals surface area contributed by atoms with Crippen molar-refractivity contribution < 1.29 is 9.59 Å². The van der Waals surface area contributed by atoms with Crippen LogP contribution >= 0.6 is 22.7 Å². The summed E-state index contributed by atoms with van der Waals surface area (Å²) < 4.78 is 0. The first-order chi connectivity index (χ1) is 12.7. The van der Waals surface area contributed by atoms with Gasteiger partial charge in [0.05, 0.1) is 17.7 Å². The second kappa shape index (κ2) is 7.39. The summed E-state index contributed by atoms with van der Waals surface area (Å²) in [5, 5.41) is 8.79. The summed E-state index contributed by atoms with van der Waals surface area (Å²) in [6.45, 7) is 1.39. The van der Waals surface area contributed by atoms with E-state index < -0.39 is 0 Å². The van der Waals surface area contributed by atoms with Gasteiger partial charge in [-0.15, -0.1) is 11.3 Å². The molecule has 0 fully saturated rings. The molecule has 26 heavy (non-hydrogen) atoms. The quantitative estimate of drug-likeness (QED) is 0.749. The molecular formula is C19H17N3O2S2. The number of benzene rings is 1. The van der Waals surface area contributed by atoms with Gasteiger partial charge < -0.3 is 4.90 Å². The van der Waals surface area contributed by atoms with E-state index in [1.54, 1.807) is 11.4 Å². The number of rotatable bonds is 4. The molecule has 0 saturated heterocycles. The maximum absolute atomic E-state index is 12.6. The molecule has 2 amide bonds. The Kier molecular flexibility index (Phi) is 4.81. The number of carbonyl (C=O) groups is 2. The van der Waals surface area contributed by atoms with E-state index >= 15 is 0 Å². The van der Waals surface area contributed by atoms with Crippen molar-refractivity contribution in [3.8, 4) is 0 Å². The molecule has 3 aromatic rings. The van der Waals surface area contributed by atoms with E-state index in [2.05, 4.69) is 22.4 Å². The predicted octanol–water partition coefficient (Wildman–Crippen LogP) is 3.58. The third-order valence-electron chi connectivity index (χ3n) is 4.37. The van der Waals surface area contributed by atoms with Gasteiger partial charge in [-0.1, -0.05) is 24.3 Å². The Morgan fingerprint density at radius 1 is 1.15 bits per heavy atom. The number of amides is 2. The molecule has 5 nitrogen and oxygen atoms in total. The Bertz CT molecular complexity index is 934. The summed E-state index contributed by atoms with van der Waals surface area (Å²) in [5.74, 6) is -0.105. The zero-order chi connectivity index (χ0) is 17.9. The maximum atomic E-state index is 12.6. The molecule has 7 heteroatoms. The number of hydrogen-bond donors (Lipinski definition) is 1. The van der Waals surface area contributed by atoms with Gasteiger partial charge in [0.25, 0.3) is 5.91 Å². The van der Waals surface area contributed by atoms with Crippen LogP contribution in [0.4, 0.5) is 5.13 Å². The van der Waals surface area contributed by atoms with Crippen molar-refractivity contribution >= 4 is 39.6 Å². The Balaban J connectivity index is 1.37. The number of thiophene rings is 1. The topological polar surface area (TPSA) is 62.3 Å². The van der Waals surface area contributed by atoms with Crippen LogP contribution in [0.3, 0.4) is 0 Å². The number of carbonyl (C=O) groups excluding carboxylic acids is 2. The standard InChI is InChI=1S/C19H17N3O2S2/c23-17(22-7-5-13-3-1-2-4-14(13)10-22)9-16-12-26-19(20-16)21-18(24)15-6-8-25-11-15/h1-4,6,8,11-12H,5,7,9-10H2,(H,20,21,24). The number of nitrogens with zero attached hydrogens (tertiary/aromatic N) is 2. The number of anilines is 1. The van der Waals surface area contributed by atoms with Crippen LogP contribution in [0.1, 0.15) is 27.2 Å². The first kappa shape index (κ1) is 16.9. The summed E-state index contributed by atoms with van der Waals surface area (Å²) in [5.41, 5.74) is 3.85. The molecule has 0 aliphatic carbocycles. The van der Waals surface area contributed by atoms with Gasteiger partial charge in [-0.2, -0.15) is 11.3 Å². The Morgan fingerprint density at radius 2 is 2.00 bits per heavy atom. The normalized spacial score (nSPS) is 13.3. The van der Waals surface area contributed by atoms with Crippen molar-refractivity contribution in [2.45, 2.75) is 19.4 Å². The fourth-order valence-corrected chi connectivity index (χ4v) is 4.33. The van der Waals surface area contributed by atoms with E-state index in [9.17, 15) is 9.59 Å². The summed E-state index contributed by atoms with van der Waals surface area (Å²) in [4.78, 5) is 30.9. The Hall–Kier alpha value is -2.51. The van der Waals surface area contributed by atoms with E-state index in [1.807, 2.05) is 27.8 Å². The minimum atomic E-state index is -0.175. The predicted molar refractivity (Wildman–Crippen MR) is 104 cm³/mol. The molecular weight excluding hydrogens is 366 g/mol.